The highest BCUT2D eigenvalue weighted by Crippen LogP contribution is 2.10. The zero-order chi connectivity index (χ0) is 13.7. The third-order valence-corrected chi connectivity index (χ3v) is 2.61. The van der Waals surface area contributed by atoms with Crippen LogP contribution in [0.15, 0.2) is 24.3 Å². The Bertz CT molecular complexity index is 428. The predicted molar refractivity (Wildman–Crippen MR) is 78.7 cm³/mol. The van der Waals surface area contributed by atoms with E-state index in [9.17, 15) is 4.79 Å². The van der Waals surface area contributed by atoms with E-state index in [4.69, 9.17) is 18.0 Å². The molecule has 0 fully saturated rings. The van der Waals surface area contributed by atoms with Crippen molar-refractivity contribution < 1.29 is 4.79 Å². The molecule has 0 saturated carbocycles. The van der Waals surface area contributed by atoms with Gasteiger partial charge in [0.25, 0.3) is 0 Å². The minimum atomic E-state index is -0.289. The molecule has 0 aliphatic rings. The number of hydrogen-bond acceptors (Lipinski definition) is 3. The van der Waals surface area contributed by atoms with Crippen molar-refractivity contribution in [2.75, 3.05) is 5.32 Å². The Morgan fingerprint density at radius 1 is 1.22 bits per heavy atom. The fourth-order valence-electron chi connectivity index (χ4n) is 1.46. The molecule has 0 saturated heterocycles. The molecule has 18 heavy (non-hydrogen) atoms. The average Bonchev–Trinajstić information content (AvgIpc) is 2.28. The van der Waals surface area contributed by atoms with Gasteiger partial charge in [0, 0.05) is 17.3 Å². The topological polar surface area (TPSA) is 67.2 Å². The zero-order valence-corrected chi connectivity index (χ0v) is 11.7. The summed E-state index contributed by atoms with van der Waals surface area (Å²) in [6.07, 6.45) is 0. The number of nitrogens with one attached hydrogen (secondary N) is 2. The number of thiocarbonyl (C=S) groups is 1. The van der Waals surface area contributed by atoms with Crippen LogP contribution in [0, 0.1) is 0 Å². The van der Waals surface area contributed by atoms with Crippen LogP contribution in [0.2, 0.25) is 0 Å². The summed E-state index contributed by atoms with van der Waals surface area (Å²) in [4.78, 5) is 12.1. The van der Waals surface area contributed by atoms with Gasteiger partial charge >= 0.3 is 0 Å². The summed E-state index contributed by atoms with van der Waals surface area (Å²) in [6.45, 7) is 5.68. The van der Waals surface area contributed by atoms with Crippen molar-refractivity contribution in [3.8, 4) is 0 Å². The van der Waals surface area contributed by atoms with Gasteiger partial charge < -0.3 is 16.4 Å². The van der Waals surface area contributed by atoms with Crippen LogP contribution in [-0.4, -0.2) is 23.0 Å². The number of carbonyl (C=O) groups excluding carboxylic acids is 1. The summed E-state index contributed by atoms with van der Waals surface area (Å²) in [5, 5.41) is 5.97. The van der Waals surface area contributed by atoms with Crippen LogP contribution in [0.25, 0.3) is 0 Å². The first kappa shape index (κ1) is 14.4. The second kappa shape index (κ2) is 6.35. The van der Waals surface area contributed by atoms with Crippen LogP contribution >= 0.6 is 12.2 Å². The number of anilines is 1. The first-order valence-corrected chi connectivity index (χ1v) is 6.27. The van der Waals surface area contributed by atoms with Crippen LogP contribution in [-0.2, 0) is 4.79 Å². The molecule has 0 aliphatic heterocycles. The van der Waals surface area contributed by atoms with Crippen molar-refractivity contribution in [1.29, 1.82) is 0 Å². The molecular formula is C13H19N3OS. The quantitative estimate of drug-likeness (QED) is 0.708. The highest BCUT2D eigenvalue weighted by atomic mass is 32.1. The molecule has 1 rings (SSSR count). The van der Waals surface area contributed by atoms with Gasteiger partial charge in [-0.3, -0.25) is 4.79 Å². The average molecular weight is 265 g/mol. The molecule has 1 aromatic carbocycles. The Kier molecular flexibility index (Phi) is 5.09. The summed E-state index contributed by atoms with van der Waals surface area (Å²) >= 11 is 4.88. The second-order valence-corrected chi connectivity index (χ2v) is 4.91. The fourth-order valence-corrected chi connectivity index (χ4v) is 1.59. The van der Waals surface area contributed by atoms with Gasteiger partial charge in [0.1, 0.15) is 11.0 Å². The van der Waals surface area contributed by atoms with E-state index in [1.54, 1.807) is 0 Å². The smallest absolute Gasteiger partial charge is 0.242 e. The Hall–Kier alpha value is -1.62. The van der Waals surface area contributed by atoms with E-state index in [0.717, 1.165) is 11.3 Å². The third kappa shape index (κ3) is 4.33. The van der Waals surface area contributed by atoms with Crippen LogP contribution in [0.1, 0.15) is 26.3 Å². The number of hydrogen-bond donors (Lipinski definition) is 3. The standard InChI is InChI=1S/C13H19N3OS/c1-8(2)15-13(17)9(3)16-11-6-4-10(5-7-11)12(14)18/h4-9,16H,1-3H3,(H2,14,18)(H,15,17). The van der Waals surface area contributed by atoms with Crippen molar-refractivity contribution in [3.63, 3.8) is 0 Å². The first-order valence-electron chi connectivity index (χ1n) is 5.87. The third-order valence-electron chi connectivity index (χ3n) is 2.38. The van der Waals surface area contributed by atoms with Gasteiger partial charge in [-0.25, -0.2) is 0 Å². The molecule has 4 N–H and O–H groups in total. The fraction of sp³-hybridized carbons (Fsp3) is 0.385. The molecule has 4 nitrogen and oxygen atoms in total. The van der Waals surface area contributed by atoms with Gasteiger partial charge in [-0.2, -0.15) is 0 Å². The normalized spacial score (nSPS) is 12.0. The van der Waals surface area contributed by atoms with Crippen LogP contribution in [0.5, 0.6) is 0 Å². The molecule has 98 valence electrons. The van der Waals surface area contributed by atoms with Crippen molar-refractivity contribution in [2.45, 2.75) is 32.9 Å². The summed E-state index contributed by atoms with van der Waals surface area (Å²) in [5.41, 5.74) is 7.19. The maximum atomic E-state index is 11.7. The van der Waals surface area contributed by atoms with E-state index < -0.39 is 0 Å². The van der Waals surface area contributed by atoms with Gasteiger partial charge in [0.2, 0.25) is 5.91 Å². The van der Waals surface area contributed by atoms with Crippen LogP contribution in [0.3, 0.4) is 0 Å². The van der Waals surface area contributed by atoms with Gasteiger partial charge in [-0.15, -0.1) is 0 Å². The van der Waals surface area contributed by atoms with Crippen molar-refractivity contribution in [1.82, 2.24) is 5.32 Å². The molecule has 0 bridgehead atoms. The lowest BCUT2D eigenvalue weighted by Crippen LogP contribution is -2.40. The predicted octanol–water partition coefficient (Wildman–Crippen LogP) is 1.65. The second-order valence-electron chi connectivity index (χ2n) is 4.47. The van der Waals surface area contributed by atoms with Gasteiger partial charge in [-0.05, 0) is 45.0 Å². The largest absolute Gasteiger partial charge is 0.389 e. The van der Waals surface area contributed by atoms with Gasteiger partial charge in [0.05, 0.1) is 0 Å². The lowest BCUT2D eigenvalue weighted by Gasteiger charge is -2.17. The summed E-state index contributed by atoms with van der Waals surface area (Å²) in [6, 6.07) is 7.22. The molecule has 1 unspecified atom stereocenters. The molecule has 0 radical (unpaired) electrons. The van der Waals surface area contributed by atoms with E-state index >= 15 is 0 Å². The van der Waals surface area contributed by atoms with Crippen molar-refractivity contribution >= 4 is 28.8 Å². The SMILES string of the molecule is CC(C)NC(=O)C(C)Nc1ccc(C(N)=S)cc1. The molecular weight excluding hydrogens is 246 g/mol. The Labute approximate surface area is 113 Å². The van der Waals surface area contributed by atoms with E-state index in [1.807, 2.05) is 45.0 Å². The van der Waals surface area contributed by atoms with E-state index in [2.05, 4.69) is 10.6 Å². The van der Waals surface area contributed by atoms with Crippen LogP contribution < -0.4 is 16.4 Å². The maximum absolute atomic E-state index is 11.7. The number of nitrogens with two attached hydrogens (primary N) is 1. The Morgan fingerprint density at radius 3 is 2.22 bits per heavy atom. The van der Waals surface area contributed by atoms with Gasteiger partial charge in [0.15, 0.2) is 0 Å². The van der Waals surface area contributed by atoms with Crippen molar-refractivity contribution in [2.24, 2.45) is 5.73 Å². The monoisotopic (exact) mass is 265 g/mol. The first-order chi connectivity index (χ1) is 8.40. The number of amides is 1. The number of benzene rings is 1. The van der Waals surface area contributed by atoms with E-state index in [1.165, 1.54) is 0 Å². The maximum Gasteiger partial charge on any atom is 0.242 e. The lowest BCUT2D eigenvalue weighted by atomic mass is 10.2. The van der Waals surface area contributed by atoms with E-state index in [-0.39, 0.29) is 18.0 Å². The van der Waals surface area contributed by atoms with E-state index in [0.29, 0.717) is 4.99 Å². The molecule has 0 aliphatic carbocycles. The molecule has 5 heteroatoms. The minimum Gasteiger partial charge on any atom is -0.389 e. The molecule has 0 heterocycles. The number of carbonyl (C=O) groups is 1. The molecule has 1 amide bonds. The zero-order valence-electron chi connectivity index (χ0n) is 10.9. The molecule has 1 atom stereocenters. The summed E-state index contributed by atoms with van der Waals surface area (Å²) in [7, 11) is 0. The lowest BCUT2D eigenvalue weighted by molar-refractivity contribution is -0.122. The molecule has 0 spiro atoms. The summed E-state index contributed by atoms with van der Waals surface area (Å²) in [5.74, 6) is -0.0246. The molecule has 1 aromatic rings. The summed E-state index contributed by atoms with van der Waals surface area (Å²) < 4.78 is 0. The van der Waals surface area contributed by atoms with Gasteiger partial charge in [-0.1, -0.05) is 12.2 Å². The highest BCUT2D eigenvalue weighted by molar-refractivity contribution is 7.80. The minimum absolute atomic E-state index is 0.0246. The number of rotatable bonds is 5. The van der Waals surface area contributed by atoms with Crippen LogP contribution in [0.4, 0.5) is 5.69 Å². The molecule has 0 aromatic heterocycles. The van der Waals surface area contributed by atoms with Crippen molar-refractivity contribution in [3.05, 3.63) is 29.8 Å². The highest BCUT2D eigenvalue weighted by Gasteiger charge is 2.12. The Balaban J connectivity index is 2.61. The Morgan fingerprint density at radius 2 is 1.78 bits per heavy atom.